The van der Waals surface area contributed by atoms with Crippen molar-refractivity contribution >= 4 is 23.4 Å². The molecule has 0 heterocycles. The molecule has 1 aromatic carbocycles. The number of thioether (sulfide) groups is 1. The molecule has 0 saturated carbocycles. The number of carbonyl (C=O) groups is 1. The third-order valence-electron chi connectivity index (χ3n) is 2.25. The minimum absolute atomic E-state index is 0.0947. The SMILES string of the molecule is CSCC(C)NC(=O)c1cc(C)ccc1N. The predicted molar refractivity (Wildman–Crippen MR) is 70.9 cm³/mol. The van der Waals surface area contributed by atoms with Crippen LogP contribution in [-0.4, -0.2) is 24.0 Å². The number of hydrogen-bond donors (Lipinski definition) is 2. The molecule has 3 nitrogen and oxygen atoms in total. The van der Waals surface area contributed by atoms with Gasteiger partial charge in [0.1, 0.15) is 0 Å². The maximum absolute atomic E-state index is 11.9. The first-order valence-electron chi connectivity index (χ1n) is 5.20. The molecular weight excluding hydrogens is 220 g/mol. The maximum Gasteiger partial charge on any atom is 0.253 e. The molecule has 16 heavy (non-hydrogen) atoms. The molecule has 1 unspecified atom stereocenters. The van der Waals surface area contributed by atoms with E-state index in [-0.39, 0.29) is 11.9 Å². The molecule has 88 valence electrons. The topological polar surface area (TPSA) is 55.1 Å². The van der Waals surface area contributed by atoms with Crippen molar-refractivity contribution in [2.75, 3.05) is 17.7 Å². The van der Waals surface area contributed by atoms with Crippen molar-refractivity contribution in [2.24, 2.45) is 0 Å². The number of benzene rings is 1. The Kier molecular flexibility index (Phi) is 4.68. The number of rotatable bonds is 4. The number of nitrogens with two attached hydrogens (primary N) is 1. The lowest BCUT2D eigenvalue weighted by atomic mass is 10.1. The first kappa shape index (κ1) is 12.9. The molecule has 0 saturated heterocycles. The summed E-state index contributed by atoms with van der Waals surface area (Å²) in [5.74, 6) is 0.806. The summed E-state index contributed by atoms with van der Waals surface area (Å²) in [6.45, 7) is 3.93. The fourth-order valence-corrected chi connectivity index (χ4v) is 2.04. The first-order chi connectivity index (χ1) is 7.54. The van der Waals surface area contributed by atoms with Gasteiger partial charge in [-0.15, -0.1) is 0 Å². The molecule has 1 amide bonds. The van der Waals surface area contributed by atoms with Crippen molar-refractivity contribution < 1.29 is 4.79 Å². The molecule has 1 aromatic rings. The predicted octanol–water partition coefficient (Wildman–Crippen LogP) is 2.06. The molecule has 0 fully saturated rings. The smallest absolute Gasteiger partial charge is 0.253 e. The quantitative estimate of drug-likeness (QED) is 0.789. The number of aryl methyl sites for hydroxylation is 1. The summed E-state index contributed by atoms with van der Waals surface area (Å²) >= 11 is 1.71. The highest BCUT2D eigenvalue weighted by Crippen LogP contribution is 2.13. The van der Waals surface area contributed by atoms with Gasteiger partial charge in [0.2, 0.25) is 0 Å². The zero-order chi connectivity index (χ0) is 12.1. The van der Waals surface area contributed by atoms with Gasteiger partial charge in [0.25, 0.3) is 5.91 Å². The Hall–Kier alpha value is -1.16. The zero-order valence-electron chi connectivity index (χ0n) is 9.91. The second-order valence-electron chi connectivity index (χ2n) is 3.92. The number of nitrogen functional groups attached to an aromatic ring is 1. The molecule has 1 atom stereocenters. The van der Waals surface area contributed by atoms with Crippen LogP contribution in [0.15, 0.2) is 18.2 Å². The van der Waals surface area contributed by atoms with Gasteiger partial charge < -0.3 is 11.1 Å². The Labute approximate surface area is 101 Å². The molecule has 0 aromatic heterocycles. The van der Waals surface area contributed by atoms with Gasteiger partial charge in [0.05, 0.1) is 5.56 Å². The van der Waals surface area contributed by atoms with E-state index < -0.39 is 0 Å². The average Bonchev–Trinajstić information content (AvgIpc) is 2.21. The summed E-state index contributed by atoms with van der Waals surface area (Å²) in [7, 11) is 0. The van der Waals surface area contributed by atoms with Gasteiger partial charge in [-0.2, -0.15) is 11.8 Å². The summed E-state index contributed by atoms with van der Waals surface area (Å²) in [4.78, 5) is 11.9. The normalized spacial score (nSPS) is 12.2. The number of anilines is 1. The fourth-order valence-electron chi connectivity index (χ4n) is 1.46. The highest BCUT2D eigenvalue weighted by Gasteiger charge is 2.12. The molecule has 0 aliphatic heterocycles. The third-order valence-corrected chi connectivity index (χ3v) is 3.08. The van der Waals surface area contributed by atoms with E-state index >= 15 is 0 Å². The minimum atomic E-state index is -0.0947. The van der Waals surface area contributed by atoms with Gasteiger partial charge in [-0.1, -0.05) is 11.6 Å². The number of nitrogens with one attached hydrogen (secondary N) is 1. The fraction of sp³-hybridized carbons (Fsp3) is 0.417. The van der Waals surface area contributed by atoms with Crippen LogP contribution in [0.5, 0.6) is 0 Å². The average molecular weight is 238 g/mol. The Morgan fingerprint density at radius 3 is 2.88 bits per heavy atom. The van der Waals surface area contributed by atoms with Crippen molar-refractivity contribution in [3.05, 3.63) is 29.3 Å². The van der Waals surface area contributed by atoms with Crippen LogP contribution < -0.4 is 11.1 Å². The van der Waals surface area contributed by atoms with E-state index in [2.05, 4.69) is 5.32 Å². The lowest BCUT2D eigenvalue weighted by molar-refractivity contribution is 0.0944. The van der Waals surface area contributed by atoms with E-state index in [4.69, 9.17) is 5.73 Å². The molecule has 0 radical (unpaired) electrons. The Bertz CT molecular complexity index is 379. The van der Waals surface area contributed by atoms with Gasteiger partial charge in [-0.25, -0.2) is 0 Å². The molecule has 0 spiro atoms. The van der Waals surface area contributed by atoms with Crippen LogP contribution in [0.25, 0.3) is 0 Å². The van der Waals surface area contributed by atoms with Gasteiger partial charge in [-0.05, 0) is 32.2 Å². The molecule has 4 heteroatoms. The van der Waals surface area contributed by atoms with Gasteiger partial charge >= 0.3 is 0 Å². The Morgan fingerprint density at radius 1 is 1.56 bits per heavy atom. The lowest BCUT2D eigenvalue weighted by Gasteiger charge is -2.13. The maximum atomic E-state index is 11.9. The largest absolute Gasteiger partial charge is 0.398 e. The summed E-state index contributed by atoms with van der Waals surface area (Å²) in [5.41, 5.74) is 7.90. The van der Waals surface area contributed by atoms with Crippen LogP contribution in [-0.2, 0) is 0 Å². The van der Waals surface area contributed by atoms with Crippen LogP contribution >= 0.6 is 11.8 Å². The Morgan fingerprint density at radius 2 is 2.25 bits per heavy atom. The molecule has 0 aliphatic carbocycles. The van der Waals surface area contributed by atoms with Gasteiger partial charge in [-0.3, -0.25) is 4.79 Å². The summed E-state index contributed by atoms with van der Waals surface area (Å²) in [5, 5.41) is 2.93. The molecule has 3 N–H and O–H groups in total. The van der Waals surface area contributed by atoms with Crippen LogP contribution in [0.2, 0.25) is 0 Å². The van der Waals surface area contributed by atoms with Gasteiger partial charge in [0.15, 0.2) is 0 Å². The first-order valence-corrected chi connectivity index (χ1v) is 6.60. The van der Waals surface area contributed by atoms with Crippen molar-refractivity contribution in [3.63, 3.8) is 0 Å². The zero-order valence-corrected chi connectivity index (χ0v) is 10.7. The second kappa shape index (κ2) is 5.80. The number of hydrogen-bond acceptors (Lipinski definition) is 3. The van der Waals surface area contributed by atoms with Crippen molar-refractivity contribution in [1.82, 2.24) is 5.32 Å². The summed E-state index contributed by atoms with van der Waals surface area (Å²) < 4.78 is 0. The summed E-state index contributed by atoms with van der Waals surface area (Å²) in [6.07, 6.45) is 2.02. The van der Waals surface area contributed by atoms with E-state index in [9.17, 15) is 4.79 Å². The third kappa shape index (κ3) is 3.45. The van der Waals surface area contributed by atoms with E-state index in [1.165, 1.54) is 0 Å². The van der Waals surface area contributed by atoms with E-state index in [1.54, 1.807) is 17.8 Å². The van der Waals surface area contributed by atoms with Crippen molar-refractivity contribution in [3.8, 4) is 0 Å². The lowest BCUT2D eigenvalue weighted by Crippen LogP contribution is -2.34. The Balaban J connectivity index is 2.76. The molecule has 0 aliphatic rings. The number of carbonyl (C=O) groups excluding carboxylic acids is 1. The van der Waals surface area contributed by atoms with Crippen LogP contribution in [0.4, 0.5) is 5.69 Å². The minimum Gasteiger partial charge on any atom is -0.398 e. The van der Waals surface area contributed by atoms with Crippen molar-refractivity contribution in [1.29, 1.82) is 0 Å². The van der Waals surface area contributed by atoms with Crippen LogP contribution in [0.3, 0.4) is 0 Å². The van der Waals surface area contributed by atoms with E-state index in [0.717, 1.165) is 11.3 Å². The van der Waals surface area contributed by atoms with Crippen molar-refractivity contribution in [2.45, 2.75) is 19.9 Å². The van der Waals surface area contributed by atoms with E-state index in [1.807, 2.05) is 32.2 Å². The molecule has 0 bridgehead atoms. The standard InChI is InChI=1S/C12H18N2OS/c1-8-4-5-11(13)10(6-8)12(15)14-9(2)7-16-3/h4-6,9H,7,13H2,1-3H3,(H,14,15). The highest BCUT2D eigenvalue weighted by atomic mass is 32.2. The molecular formula is C12H18N2OS. The van der Waals surface area contributed by atoms with Crippen LogP contribution in [0, 0.1) is 6.92 Å². The summed E-state index contributed by atoms with van der Waals surface area (Å²) in [6, 6.07) is 5.64. The van der Waals surface area contributed by atoms with E-state index in [0.29, 0.717) is 11.3 Å². The number of amides is 1. The highest BCUT2D eigenvalue weighted by molar-refractivity contribution is 7.98. The van der Waals surface area contributed by atoms with Gasteiger partial charge in [0, 0.05) is 17.5 Å². The molecule has 1 rings (SSSR count). The second-order valence-corrected chi connectivity index (χ2v) is 4.83. The van der Waals surface area contributed by atoms with Crippen LogP contribution in [0.1, 0.15) is 22.8 Å². The monoisotopic (exact) mass is 238 g/mol.